The summed E-state index contributed by atoms with van der Waals surface area (Å²) >= 11 is 0. The van der Waals surface area contributed by atoms with Gasteiger partial charge < -0.3 is 5.73 Å². The number of aryl methyl sites for hydroxylation is 1. The van der Waals surface area contributed by atoms with Crippen LogP contribution < -0.4 is 5.73 Å². The highest BCUT2D eigenvalue weighted by Gasteiger charge is 2.38. The van der Waals surface area contributed by atoms with E-state index in [1.54, 1.807) is 12.1 Å². The number of pyridine rings is 1. The molecular weight excluding hydrogens is 298 g/mol. The van der Waals surface area contributed by atoms with Crippen LogP contribution in [-0.4, -0.2) is 36.8 Å². The predicted octanol–water partition coefficient (Wildman–Crippen LogP) is 1.51. The van der Waals surface area contributed by atoms with Crippen molar-refractivity contribution >= 4 is 10.0 Å². The van der Waals surface area contributed by atoms with E-state index >= 15 is 0 Å². The molecular formula is C16H19N3O2S. The molecule has 2 atom stereocenters. The van der Waals surface area contributed by atoms with Crippen molar-refractivity contribution in [1.82, 2.24) is 9.29 Å². The average Bonchev–Trinajstić information content (AvgIpc) is 2.91. The molecule has 22 heavy (non-hydrogen) atoms. The highest BCUT2D eigenvalue weighted by molar-refractivity contribution is 7.89. The second kappa shape index (κ2) is 5.79. The third-order valence-electron chi connectivity index (χ3n) is 4.08. The smallest absolute Gasteiger partial charge is 0.244 e. The van der Waals surface area contributed by atoms with Gasteiger partial charge in [-0.15, -0.1) is 0 Å². The quantitative estimate of drug-likeness (QED) is 0.931. The molecule has 0 unspecified atom stereocenters. The Morgan fingerprint density at radius 3 is 2.50 bits per heavy atom. The van der Waals surface area contributed by atoms with Gasteiger partial charge >= 0.3 is 0 Å². The summed E-state index contributed by atoms with van der Waals surface area (Å²) in [4.78, 5) is 4.30. The van der Waals surface area contributed by atoms with Gasteiger partial charge in [0.15, 0.2) is 0 Å². The first-order valence-electron chi connectivity index (χ1n) is 7.22. The molecule has 0 amide bonds. The van der Waals surface area contributed by atoms with E-state index in [2.05, 4.69) is 4.98 Å². The maximum Gasteiger partial charge on any atom is 0.244 e. The second-order valence-corrected chi connectivity index (χ2v) is 7.58. The van der Waals surface area contributed by atoms with Crippen molar-refractivity contribution in [2.45, 2.75) is 23.8 Å². The fourth-order valence-electron chi connectivity index (χ4n) is 2.80. The summed E-state index contributed by atoms with van der Waals surface area (Å²) in [5, 5.41) is 0. The third kappa shape index (κ3) is 2.77. The maximum absolute atomic E-state index is 12.7. The minimum Gasteiger partial charge on any atom is -0.326 e. The molecule has 1 fully saturated rings. The van der Waals surface area contributed by atoms with Crippen LogP contribution in [0.5, 0.6) is 0 Å². The van der Waals surface area contributed by atoms with Gasteiger partial charge in [0.25, 0.3) is 0 Å². The van der Waals surface area contributed by atoms with Crippen LogP contribution in [0.1, 0.15) is 17.2 Å². The zero-order chi connectivity index (χ0) is 15.7. The van der Waals surface area contributed by atoms with Crippen LogP contribution in [0.15, 0.2) is 53.6 Å². The van der Waals surface area contributed by atoms with Crippen molar-refractivity contribution in [1.29, 1.82) is 0 Å². The van der Waals surface area contributed by atoms with E-state index in [-0.39, 0.29) is 16.9 Å². The molecule has 116 valence electrons. The van der Waals surface area contributed by atoms with Crippen LogP contribution in [0.3, 0.4) is 0 Å². The number of nitrogens with two attached hydrogens (primary N) is 1. The number of nitrogens with zero attached hydrogens (tertiary/aromatic N) is 2. The standard InChI is InChI=1S/C16H19N3O2S/c1-12-7-8-14(9-18-12)22(20,21)19-10-15(16(17)11-19)13-5-3-2-4-6-13/h2-9,15-16H,10-11,17H2,1H3/t15-,16+/m0/s1. The third-order valence-corrected chi connectivity index (χ3v) is 5.90. The molecule has 1 aliphatic heterocycles. The van der Waals surface area contributed by atoms with Gasteiger partial charge in [-0.1, -0.05) is 30.3 Å². The summed E-state index contributed by atoms with van der Waals surface area (Å²) in [7, 11) is -3.54. The Morgan fingerprint density at radius 1 is 1.14 bits per heavy atom. The first-order chi connectivity index (χ1) is 10.5. The molecule has 0 bridgehead atoms. The van der Waals surface area contributed by atoms with Gasteiger partial charge in [-0.3, -0.25) is 4.98 Å². The molecule has 1 aromatic carbocycles. The van der Waals surface area contributed by atoms with Crippen molar-refractivity contribution in [3.63, 3.8) is 0 Å². The van der Waals surface area contributed by atoms with Crippen molar-refractivity contribution < 1.29 is 8.42 Å². The van der Waals surface area contributed by atoms with E-state index in [4.69, 9.17) is 5.73 Å². The highest BCUT2D eigenvalue weighted by atomic mass is 32.2. The molecule has 6 heteroatoms. The van der Waals surface area contributed by atoms with E-state index in [9.17, 15) is 8.42 Å². The van der Waals surface area contributed by atoms with Crippen molar-refractivity contribution in [2.75, 3.05) is 13.1 Å². The molecule has 3 rings (SSSR count). The second-order valence-electron chi connectivity index (χ2n) is 5.64. The molecule has 0 aliphatic carbocycles. The first-order valence-corrected chi connectivity index (χ1v) is 8.66. The highest BCUT2D eigenvalue weighted by Crippen LogP contribution is 2.30. The molecule has 1 aromatic heterocycles. The molecule has 2 N–H and O–H groups in total. The van der Waals surface area contributed by atoms with Gasteiger partial charge in [0.1, 0.15) is 4.90 Å². The van der Waals surface area contributed by atoms with Gasteiger partial charge in [-0.25, -0.2) is 8.42 Å². The van der Waals surface area contributed by atoms with Gasteiger partial charge in [-0.2, -0.15) is 4.31 Å². The zero-order valence-corrected chi connectivity index (χ0v) is 13.2. The summed E-state index contributed by atoms with van der Waals surface area (Å²) in [6.07, 6.45) is 1.41. The molecule has 5 nitrogen and oxygen atoms in total. The summed E-state index contributed by atoms with van der Waals surface area (Å²) < 4.78 is 26.9. The van der Waals surface area contributed by atoms with Gasteiger partial charge in [0, 0.05) is 36.9 Å². The molecule has 1 saturated heterocycles. The van der Waals surface area contributed by atoms with Gasteiger partial charge in [0.05, 0.1) is 0 Å². The molecule has 2 aromatic rings. The van der Waals surface area contributed by atoms with Gasteiger partial charge in [-0.05, 0) is 24.6 Å². The monoisotopic (exact) mass is 317 g/mol. The average molecular weight is 317 g/mol. The van der Waals surface area contributed by atoms with E-state index in [1.165, 1.54) is 10.5 Å². The Labute approximate surface area is 130 Å². The van der Waals surface area contributed by atoms with Crippen molar-refractivity contribution in [2.24, 2.45) is 5.73 Å². The molecule has 1 aliphatic rings. The van der Waals surface area contributed by atoms with Crippen LogP contribution in [-0.2, 0) is 10.0 Å². The summed E-state index contributed by atoms with van der Waals surface area (Å²) in [6, 6.07) is 12.9. The maximum atomic E-state index is 12.7. The Bertz CT molecular complexity index is 745. The van der Waals surface area contributed by atoms with Crippen LogP contribution in [0, 0.1) is 6.92 Å². The Kier molecular flexibility index (Phi) is 3.99. The number of sulfonamides is 1. The van der Waals surface area contributed by atoms with Crippen molar-refractivity contribution in [3.8, 4) is 0 Å². The molecule has 0 spiro atoms. The summed E-state index contributed by atoms with van der Waals surface area (Å²) in [5.74, 6) is 0.0226. The number of benzene rings is 1. The molecule has 0 saturated carbocycles. The molecule has 0 radical (unpaired) electrons. The van der Waals surface area contributed by atoms with Crippen molar-refractivity contribution in [3.05, 3.63) is 59.9 Å². The fraction of sp³-hybridized carbons (Fsp3) is 0.312. The summed E-state index contributed by atoms with van der Waals surface area (Å²) in [5.41, 5.74) is 8.05. The lowest BCUT2D eigenvalue weighted by molar-refractivity contribution is 0.470. The number of rotatable bonds is 3. The lowest BCUT2D eigenvalue weighted by Gasteiger charge is -2.16. The lowest BCUT2D eigenvalue weighted by Crippen LogP contribution is -2.32. The van der Waals surface area contributed by atoms with Crippen LogP contribution in [0.2, 0.25) is 0 Å². The largest absolute Gasteiger partial charge is 0.326 e. The van der Waals surface area contributed by atoms with Crippen LogP contribution in [0.25, 0.3) is 0 Å². The van der Waals surface area contributed by atoms with E-state index < -0.39 is 10.0 Å². The van der Waals surface area contributed by atoms with E-state index in [0.29, 0.717) is 13.1 Å². The Morgan fingerprint density at radius 2 is 1.86 bits per heavy atom. The number of aromatic nitrogens is 1. The topological polar surface area (TPSA) is 76.3 Å². The number of hydrogen-bond acceptors (Lipinski definition) is 4. The fourth-order valence-corrected chi connectivity index (χ4v) is 4.25. The summed E-state index contributed by atoms with van der Waals surface area (Å²) in [6.45, 7) is 2.56. The van der Waals surface area contributed by atoms with Gasteiger partial charge in [0.2, 0.25) is 10.0 Å². The van der Waals surface area contributed by atoms with E-state index in [0.717, 1.165) is 11.3 Å². The van der Waals surface area contributed by atoms with Crippen LogP contribution in [0.4, 0.5) is 0 Å². The molecule has 2 heterocycles. The lowest BCUT2D eigenvalue weighted by atomic mass is 9.95. The Balaban J connectivity index is 1.86. The zero-order valence-electron chi connectivity index (χ0n) is 12.4. The SMILES string of the molecule is Cc1ccc(S(=O)(=O)N2C[C@@H](N)[C@H](c3ccccc3)C2)cn1. The predicted molar refractivity (Wildman–Crippen MR) is 84.9 cm³/mol. The minimum atomic E-state index is -3.54. The first kappa shape index (κ1) is 15.1. The number of hydrogen-bond donors (Lipinski definition) is 1. The minimum absolute atomic E-state index is 0.0226. The normalized spacial score (nSPS) is 22.8. The van der Waals surface area contributed by atoms with Crippen LogP contribution >= 0.6 is 0 Å². The van der Waals surface area contributed by atoms with E-state index in [1.807, 2.05) is 37.3 Å². The Hall–Kier alpha value is -1.76.